The summed E-state index contributed by atoms with van der Waals surface area (Å²) in [4.78, 5) is 8.95. The highest BCUT2D eigenvalue weighted by atomic mass is 35.5. The molecule has 1 saturated carbocycles. The first-order chi connectivity index (χ1) is 13.6. The SMILES string of the molecule is Clc1cc(CCCC[C@@]2(c3ccccn3)CCOC3(CCCC3)C2)cnc1Cl. The van der Waals surface area contributed by atoms with Crippen molar-refractivity contribution in [1.29, 1.82) is 0 Å². The molecule has 0 unspecified atom stereocenters. The molecule has 1 spiro atoms. The lowest BCUT2D eigenvalue weighted by atomic mass is 9.67. The number of aryl methyl sites for hydroxylation is 1. The number of hydrogen-bond donors (Lipinski definition) is 0. The van der Waals surface area contributed by atoms with Crippen LogP contribution in [0.1, 0.15) is 69.0 Å². The molecule has 0 bridgehead atoms. The summed E-state index contributed by atoms with van der Waals surface area (Å²) >= 11 is 12.0. The fourth-order valence-corrected chi connectivity index (χ4v) is 5.48. The molecule has 0 aromatic carbocycles. The smallest absolute Gasteiger partial charge is 0.147 e. The van der Waals surface area contributed by atoms with E-state index in [2.05, 4.69) is 17.1 Å². The number of pyridine rings is 2. The predicted octanol–water partition coefficient (Wildman–Crippen LogP) is 6.56. The molecule has 2 aromatic rings. The molecule has 0 radical (unpaired) electrons. The van der Waals surface area contributed by atoms with Crippen molar-refractivity contribution < 1.29 is 4.74 Å². The number of ether oxygens (including phenoxy) is 1. The maximum absolute atomic E-state index is 6.34. The van der Waals surface area contributed by atoms with E-state index in [9.17, 15) is 0 Å². The van der Waals surface area contributed by atoms with Crippen LogP contribution < -0.4 is 0 Å². The van der Waals surface area contributed by atoms with E-state index in [1.54, 1.807) is 0 Å². The average Bonchev–Trinajstić information content (AvgIpc) is 3.16. The number of unbranched alkanes of at least 4 members (excludes halogenated alkanes) is 1. The zero-order valence-electron chi connectivity index (χ0n) is 16.3. The molecule has 1 atom stereocenters. The third kappa shape index (κ3) is 4.37. The molecule has 2 aromatic heterocycles. The van der Waals surface area contributed by atoms with Gasteiger partial charge in [0.25, 0.3) is 0 Å². The summed E-state index contributed by atoms with van der Waals surface area (Å²) in [6.45, 7) is 0.854. The highest BCUT2D eigenvalue weighted by Crippen LogP contribution is 2.50. The molecule has 2 fully saturated rings. The fourth-order valence-electron chi connectivity index (χ4n) is 5.19. The van der Waals surface area contributed by atoms with E-state index in [-0.39, 0.29) is 11.0 Å². The Morgan fingerprint density at radius 2 is 1.89 bits per heavy atom. The standard InChI is InChI=1S/C23H28Cl2N2O/c24-19-15-18(16-27-21(19)25)7-1-3-9-22(20-8-2-6-13-26-20)12-14-28-23(17-22)10-4-5-11-23/h2,6,8,13,15-16H,1,3-5,7,9-12,14,17H2/t22-/m1/s1. The molecule has 3 heterocycles. The van der Waals surface area contributed by atoms with E-state index in [1.807, 2.05) is 24.5 Å². The van der Waals surface area contributed by atoms with Crippen LogP contribution in [0, 0.1) is 0 Å². The zero-order chi connectivity index (χ0) is 19.5. The summed E-state index contributed by atoms with van der Waals surface area (Å²) in [7, 11) is 0. The summed E-state index contributed by atoms with van der Waals surface area (Å²) in [6.07, 6.45) is 15.4. The maximum atomic E-state index is 6.34. The Labute approximate surface area is 177 Å². The molecule has 28 heavy (non-hydrogen) atoms. The molecule has 1 aliphatic heterocycles. The number of halogens is 2. The molecule has 0 amide bonds. The van der Waals surface area contributed by atoms with Crippen molar-refractivity contribution in [1.82, 2.24) is 9.97 Å². The molecule has 1 aliphatic carbocycles. The van der Waals surface area contributed by atoms with Crippen molar-refractivity contribution in [3.05, 3.63) is 58.1 Å². The van der Waals surface area contributed by atoms with Gasteiger partial charge in [-0.1, -0.05) is 48.5 Å². The summed E-state index contributed by atoms with van der Waals surface area (Å²) < 4.78 is 6.34. The molecular weight excluding hydrogens is 391 g/mol. The minimum Gasteiger partial charge on any atom is -0.375 e. The van der Waals surface area contributed by atoms with E-state index in [1.165, 1.54) is 31.4 Å². The first-order valence-corrected chi connectivity index (χ1v) is 11.2. The Morgan fingerprint density at radius 1 is 1.04 bits per heavy atom. The van der Waals surface area contributed by atoms with Crippen molar-refractivity contribution in [2.24, 2.45) is 0 Å². The molecule has 5 heteroatoms. The average molecular weight is 419 g/mol. The van der Waals surface area contributed by atoms with Gasteiger partial charge in [-0.15, -0.1) is 0 Å². The number of aromatic nitrogens is 2. The van der Waals surface area contributed by atoms with E-state index in [0.717, 1.165) is 50.7 Å². The Bertz CT molecular complexity index is 792. The predicted molar refractivity (Wildman–Crippen MR) is 114 cm³/mol. The second-order valence-electron chi connectivity index (χ2n) is 8.48. The Hall–Kier alpha value is -1.16. The number of hydrogen-bond acceptors (Lipinski definition) is 3. The summed E-state index contributed by atoms with van der Waals surface area (Å²) in [5.41, 5.74) is 2.63. The van der Waals surface area contributed by atoms with Crippen LogP contribution in [0.25, 0.3) is 0 Å². The van der Waals surface area contributed by atoms with Crippen LogP contribution in [0.15, 0.2) is 36.7 Å². The van der Waals surface area contributed by atoms with E-state index >= 15 is 0 Å². The van der Waals surface area contributed by atoms with Gasteiger partial charge < -0.3 is 4.74 Å². The van der Waals surface area contributed by atoms with Crippen LogP contribution in [-0.4, -0.2) is 22.2 Å². The minimum atomic E-state index is 0.0867. The largest absolute Gasteiger partial charge is 0.375 e. The van der Waals surface area contributed by atoms with E-state index in [0.29, 0.717) is 10.2 Å². The molecule has 3 nitrogen and oxygen atoms in total. The first kappa shape index (κ1) is 20.1. The quantitative estimate of drug-likeness (QED) is 0.393. The molecular formula is C23H28Cl2N2O. The summed E-state index contributed by atoms with van der Waals surface area (Å²) in [5, 5.41) is 0.917. The van der Waals surface area contributed by atoms with E-state index < -0.39 is 0 Å². The van der Waals surface area contributed by atoms with Crippen LogP contribution in [0.4, 0.5) is 0 Å². The third-order valence-electron chi connectivity index (χ3n) is 6.60. The highest BCUT2D eigenvalue weighted by Gasteiger charge is 2.48. The van der Waals surface area contributed by atoms with Crippen LogP contribution in [-0.2, 0) is 16.6 Å². The second kappa shape index (κ2) is 8.69. The van der Waals surface area contributed by atoms with Gasteiger partial charge in [0.05, 0.1) is 10.6 Å². The van der Waals surface area contributed by atoms with Crippen LogP contribution in [0.3, 0.4) is 0 Å². The number of rotatable bonds is 6. The lowest BCUT2D eigenvalue weighted by molar-refractivity contribution is -0.104. The molecule has 1 saturated heterocycles. The normalized spacial score (nSPS) is 23.9. The first-order valence-electron chi connectivity index (χ1n) is 10.5. The van der Waals surface area contributed by atoms with Crippen molar-refractivity contribution >= 4 is 23.2 Å². The Balaban J connectivity index is 1.45. The molecule has 150 valence electrons. The van der Waals surface area contributed by atoms with Gasteiger partial charge in [-0.25, -0.2) is 4.98 Å². The van der Waals surface area contributed by atoms with Crippen molar-refractivity contribution in [2.75, 3.05) is 6.61 Å². The van der Waals surface area contributed by atoms with E-state index in [4.69, 9.17) is 32.9 Å². The minimum absolute atomic E-state index is 0.0867. The maximum Gasteiger partial charge on any atom is 0.147 e. The van der Waals surface area contributed by atoms with Crippen LogP contribution in [0.5, 0.6) is 0 Å². The van der Waals surface area contributed by atoms with Gasteiger partial charge in [0.15, 0.2) is 0 Å². The van der Waals surface area contributed by atoms with Gasteiger partial charge in [-0.2, -0.15) is 0 Å². The second-order valence-corrected chi connectivity index (χ2v) is 9.25. The Morgan fingerprint density at radius 3 is 2.64 bits per heavy atom. The van der Waals surface area contributed by atoms with Gasteiger partial charge in [0, 0.05) is 30.1 Å². The highest BCUT2D eigenvalue weighted by molar-refractivity contribution is 6.41. The van der Waals surface area contributed by atoms with Gasteiger partial charge in [0.1, 0.15) is 5.15 Å². The topological polar surface area (TPSA) is 35.0 Å². The molecule has 4 rings (SSSR count). The number of nitrogens with zero attached hydrogens (tertiary/aromatic N) is 2. The molecule has 2 aliphatic rings. The van der Waals surface area contributed by atoms with Crippen LogP contribution in [0.2, 0.25) is 10.2 Å². The van der Waals surface area contributed by atoms with Crippen molar-refractivity contribution in [3.63, 3.8) is 0 Å². The van der Waals surface area contributed by atoms with Crippen molar-refractivity contribution in [3.8, 4) is 0 Å². The van der Waals surface area contributed by atoms with Gasteiger partial charge in [-0.05, 0) is 68.7 Å². The molecule has 0 N–H and O–H groups in total. The monoisotopic (exact) mass is 418 g/mol. The lowest BCUT2D eigenvalue weighted by Gasteiger charge is -2.46. The third-order valence-corrected chi connectivity index (χ3v) is 7.28. The van der Waals surface area contributed by atoms with Gasteiger partial charge in [0.2, 0.25) is 0 Å². The zero-order valence-corrected chi connectivity index (χ0v) is 17.8. The lowest BCUT2D eigenvalue weighted by Crippen LogP contribution is -2.46. The van der Waals surface area contributed by atoms with Crippen LogP contribution >= 0.6 is 23.2 Å². The van der Waals surface area contributed by atoms with Crippen molar-refractivity contribution in [2.45, 2.75) is 75.2 Å². The summed E-state index contributed by atoms with van der Waals surface area (Å²) in [5.74, 6) is 0. The fraction of sp³-hybridized carbons (Fsp3) is 0.565. The summed E-state index contributed by atoms with van der Waals surface area (Å²) in [6, 6.07) is 8.30. The van der Waals surface area contributed by atoms with Gasteiger partial charge >= 0.3 is 0 Å². The Kier molecular flexibility index (Phi) is 6.24. The van der Waals surface area contributed by atoms with Gasteiger partial charge in [-0.3, -0.25) is 4.98 Å².